The third-order valence-electron chi connectivity index (χ3n) is 8.58. The van der Waals surface area contributed by atoms with Crippen LogP contribution in [-0.4, -0.2) is 74.1 Å². The molecule has 1 aromatic carbocycles. The lowest BCUT2D eigenvalue weighted by atomic mass is 9.80. The van der Waals surface area contributed by atoms with E-state index in [9.17, 15) is 4.79 Å². The van der Waals surface area contributed by atoms with E-state index in [4.69, 9.17) is 32.7 Å². The van der Waals surface area contributed by atoms with Crippen molar-refractivity contribution in [3.8, 4) is 0 Å². The van der Waals surface area contributed by atoms with Crippen molar-refractivity contribution in [3.05, 3.63) is 29.3 Å². The highest BCUT2D eigenvalue weighted by molar-refractivity contribution is 5.90. The Balaban J connectivity index is 0.00000376. The normalized spacial score (nSPS) is 19.7. The first-order chi connectivity index (χ1) is 22.5. The molecule has 3 unspecified atom stereocenters. The molecule has 4 atom stereocenters. The first-order valence-electron chi connectivity index (χ1n) is 17.7. The van der Waals surface area contributed by atoms with Crippen molar-refractivity contribution in [2.24, 2.45) is 61.6 Å². The minimum absolute atomic E-state index is 0.0200. The number of nitrogens with two attached hydrogens (primary N) is 4. The summed E-state index contributed by atoms with van der Waals surface area (Å²) in [7, 11) is 0. The first-order valence-corrected chi connectivity index (χ1v) is 17.7. The maximum absolute atomic E-state index is 13.1. The van der Waals surface area contributed by atoms with E-state index >= 15 is 0 Å². The second kappa shape index (κ2) is 20.5. The van der Waals surface area contributed by atoms with Crippen LogP contribution in [0.2, 0.25) is 0 Å². The molecule has 0 bridgehead atoms. The van der Waals surface area contributed by atoms with Gasteiger partial charge in [0.15, 0.2) is 17.9 Å². The van der Waals surface area contributed by atoms with Crippen LogP contribution >= 0.6 is 0 Å². The molecule has 0 saturated carbocycles. The maximum Gasteiger partial charge on any atom is 0.338 e. The number of rotatable bonds is 16. The zero-order chi connectivity index (χ0) is 34.9. The van der Waals surface area contributed by atoms with Crippen LogP contribution in [0.25, 0.3) is 0 Å². The van der Waals surface area contributed by atoms with Crippen LogP contribution in [0.15, 0.2) is 33.2 Å². The molecule has 1 aromatic rings. The van der Waals surface area contributed by atoms with Gasteiger partial charge in [-0.3, -0.25) is 15.0 Å². The van der Waals surface area contributed by atoms with Crippen molar-refractivity contribution >= 4 is 29.5 Å². The summed E-state index contributed by atoms with van der Waals surface area (Å²) in [5.74, 6) is 2.42. The van der Waals surface area contributed by atoms with Crippen molar-refractivity contribution < 1.29 is 9.53 Å². The highest BCUT2D eigenvalue weighted by Gasteiger charge is 2.44. The minimum Gasteiger partial charge on any atom is -0.462 e. The van der Waals surface area contributed by atoms with E-state index in [1.54, 1.807) is 0 Å². The number of guanidine groups is 3. The van der Waals surface area contributed by atoms with Gasteiger partial charge in [-0.25, -0.2) is 4.79 Å². The molecule has 0 radical (unpaired) electrons. The number of nitrogens with one attached hydrogen (secondary N) is 2. The van der Waals surface area contributed by atoms with Gasteiger partial charge in [0, 0.05) is 50.4 Å². The molecule has 12 heteroatoms. The molecule has 0 aromatic heterocycles. The van der Waals surface area contributed by atoms with Crippen molar-refractivity contribution in [1.29, 1.82) is 0 Å². The average Bonchev–Trinajstić information content (AvgIpc) is 3.48. The monoisotopic (exact) mass is 657 g/mol. The Labute approximate surface area is 283 Å². The molecule has 10 N–H and O–H groups in total. The van der Waals surface area contributed by atoms with Crippen molar-refractivity contribution in [1.82, 2.24) is 10.2 Å². The number of carbonyl (C=O) groups excluding carboxylic acids is 1. The number of carbonyl (C=O) groups is 1. The molecule has 0 spiro atoms. The number of hydrogen-bond donors (Lipinski definition) is 6. The van der Waals surface area contributed by atoms with Crippen LogP contribution in [0.3, 0.4) is 0 Å². The largest absolute Gasteiger partial charge is 0.462 e. The lowest BCUT2D eigenvalue weighted by Crippen LogP contribution is -2.43. The summed E-state index contributed by atoms with van der Waals surface area (Å²) in [6.45, 7) is 18.6. The summed E-state index contributed by atoms with van der Waals surface area (Å²) in [5, 5.41) is 6.99. The molecule has 1 fully saturated rings. The van der Waals surface area contributed by atoms with Gasteiger partial charge >= 0.3 is 5.97 Å². The Kier molecular flexibility index (Phi) is 17.2. The molecule has 0 amide bonds. The highest BCUT2D eigenvalue weighted by atomic mass is 16.5. The molecule has 2 heterocycles. The van der Waals surface area contributed by atoms with Crippen LogP contribution in [0.1, 0.15) is 109 Å². The number of hydrogen-bond acceptors (Lipinski definition) is 6. The third kappa shape index (κ3) is 13.1. The van der Waals surface area contributed by atoms with Gasteiger partial charge in [-0.15, -0.1) is 0 Å². The molecule has 2 aliphatic rings. The number of likely N-dealkylation sites (tertiary alicyclic amines) is 1. The zero-order valence-corrected chi connectivity index (χ0v) is 30.1. The molecule has 0 aliphatic carbocycles. The number of benzene rings is 1. The Morgan fingerprint density at radius 2 is 1.68 bits per heavy atom. The van der Waals surface area contributed by atoms with Gasteiger partial charge in [0.2, 0.25) is 0 Å². The lowest BCUT2D eigenvalue weighted by molar-refractivity contribution is 0.0445. The molecular weight excluding hydrogens is 592 g/mol. The number of anilines is 1. The standard InChI is InChI=1S/C33H58N10O2.C2H6/c1-21(2)10-15-40-32(36)39-14-6-7-27-25-13-18-43(33(37)41-16-11-22(3)4)29(25)26-19-24(8-9-28(26)42-27)30(44)45-20-23(5)12-17-38-31(34)35;1-2/h8-9,19,21-23,25,27,29,42H,6-7,10-18,20H2,1-5H3,(H2,37,41)(H4,34,35,38)(H3,36,39,40);1-2H3/t23?,25?,27-,29?;/m0./s1. The fourth-order valence-corrected chi connectivity index (χ4v) is 5.93. The van der Waals surface area contributed by atoms with Gasteiger partial charge in [0.25, 0.3) is 0 Å². The fraction of sp³-hybridized carbons (Fsp3) is 0.714. The minimum atomic E-state index is -0.342. The van der Waals surface area contributed by atoms with Gasteiger partial charge in [-0.05, 0) is 80.0 Å². The molecule has 3 rings (SSSR count). The van der Waals surface area contributed by atoms with Crippen LogP contribution < -0.4 is 33.6 Å². The van der Waals surface area contributed by atoms with Gasteiger partial charge < -0.3 is 43.2 Å². The number of aliphatic imine (C=N–C) groups is 3. The summed E-state index contributed by atoms with van der Waals surface area (Å²) < 4.78 is 5.68. The predicted octanol–water partition coefficient (Wildman–Crippen LogP) is 4.42. The van der Waals surface area contributed by atoms with Crippen LogP contribution in [0.5, 0.6) is 0 Å². The van der Waals surface area contributed by atoms with Crippen molar-refractivity contribution in [3.63, 3.8) is 0 Å². The van der Waals surface area contributed by atoms with E-state index in [1.165, 1.54) is 0 Å². The van der Waals surface area contributed by atoms with Gasteiger partial charge in [0.05, 0.1) is 18.2 Å². The lowest BCUT2D eigenvalue weighted by Gasteiger charge is -2.40. The van der Waals surface area contributed by atoms with Crippen molar-refractivity contribution in [2.75, 3.05) is 44.6 Å². The van der Waals surface area contributed by atoms with Gasteiger partial charge in [-0.2, -0.15) is 0 Å². The highest BCUT2D eigenvalue weighted by Crippen LogP contribution is 2.47. The third-order valence-corrected chi connectivity index (χ3v) is 8.58. The maximum atomic E-state index is 13.1. The second-order valence-electron chi connectivity index (χ2n) is 13.4. The van der Waals surface area contributed by atoms with E-state index in [0.717, 1.165) is 62.9 Å². The Bertz CT molecular complexity index is 1180. The quantitative estimate of drug-likeness (QED) is 0.0646. The zero-order valence-electron chi connectivity index (χ0n) is 30.1. The summed E-state index contributed by atoms with van der Waals surface area (Å²) >= 11 is 0. The molecular formula is C35H64N10O2. The average molecular weight is 657 g/mol. The SMILES string of the molecule is CC.CC(C)CCN=C(N)N1CCC2C1c1cc(C(=O)OCC(C)CCN=C(N)N)ccc1N[C@H]2CCCN=C(N)NCCC(C)C. The summed E-state index contributed by atoms with van der Waals surface area (Å²) in [6.07, 6.45) is 5.60. The van der Waals surface area contributed by atoms with E-state index in [-0.39, 0.29) is 29.9 Å². The topological polar surface area (TPSA) is 195 Å². The van der Waals surface area contributed by atoms with E-state index in [2.05, 4.69) is 53.2 Å². The number of ether oxygens (including phenoxy) is 1. The summed E-state index contributed by atoms with van der Waals surface area (Å²) in [4.78, 5) is 28.7. The summed E-state index contributed by atoms with van der Waals surface area (Å²) in [6, 6.07) is 6.06. The Hall–Kier alpha value is -3.70. The van der Waals surface area contributed by atoms with E-state index < -0.39 is 0 Å². The number of nitrogens with zero attached hydrogens (tertiary/aromatic N) is 4. The molecule has 12 nitrogen and oxygen atoms in total. The van der Waals surface area contributed by atoms with Gasteiger partial charge in [-0.1, -0.05) is 48.5 Å². The number of esters is 1. The Morgan fingerprint density at radius 1 is 0.979 bits per heavy atom. The molecule has 266 valence electrons. The predicted molar refractivity (Wildman–Crippen MR) is 197 cm³/mol. The number of fused-ring (bicyclic) bond motifs is 3. The van der Waals surface area contributed by atoms with Crippen LogP contribution in [-0.2, 0) is 4.74 Å². The van der Waals surface area contributed by atoms with E-state index in [0.29, 0.717) is 61.5 Å². The summed E-state index contributed by atoms with van der Waals surface area (Å²) in [5.41, 5.74) is 26.1. The van der Waals surface area contributed by atoms with Crippen molar-refractivity contribution in [2.45, 2.75) is 99.1 Å². The Morgan fingerprint density at radius 3 is 2.36 bits per heavy atom. The van der Waals surface area contributed by atoms with Crippen LogP contribution in [0, 0.1) is 23.7 Å². The van der Waals surface area contributed by atoms with E-state index in [1.807, 2.05) is 39.0 Å². The smallest absolute Gasteiger partial charge is 0.338 e. The fourth-order valence-electron chi connectivity index (χ4n) is 5.93. The van der Waals surface area contributed by atoms with Gasteiger partial charge in [0.1, 0.15) is 0 Å². The van der Waals surface area contributed by atoms with Crippen LogP contribution in [0.4, 0.5) is 5.69 Å². The molecule has 47 heavy (non-hydrogen) atoms. The molecule has 1 saturated heterocycles. The molecule has 2 aliphatic heterocycles. The second-order valence-corrected chi connectivity index (χ2v) is 13.4. The first kappa shape index (κ1) is 39.5.